The number of nitrogens with zero attached hydrogens (tertiary/aromatic N) is 2. The molecular weight excluding hydrogens is 510 g/mol. The number of piperidine rings is 1. The Hall–Kier alpha value is -2.61. The van der Waals surface area contributed by atoms with Crippen LogP contribution in [0.1, 0.15) is 62.5 Å². The Balaban J connectivity index is 1.35. The molecule has 0 spiro atoms. The lowest BCUT2D eigenvalue weighted by Crippen LogP contribution is -2.51. The zero-order chi connectivity index (χ0) is 27.5. The Labute approximate surface area is 238 Å². The number of carbonyl (C=O) groups excluding carboxylic acids is 2. The predicted octanol–water partition coefficient (Wildman–Crippen LogP) is 4.77. The molecule has 2 fully saturated rings. The molecule has 0 radical (unpaired) electrons. The van der Waals surface area contributed by atoms with E-state index in [-0.39, 0.29) is 24.0 Å². The van der Waals surface area contributed by atoms with Crippen LogP contribution in [0, 0.1) is 0 Å². The van der Waals surface area contributed by atoms with E-state index in [0.29, 0.717) is 30.6 Å². The van der Waals surface area contributed by atoms with Gasteiger partial charge in [0.25, 0.3) is 0 Å². The quantitative estimate of drug-likeness (QED) is 0.375. The Morgan fingerprint density at radius 1 is 1.03 bits per heavy atom. The van der Waals surface area contributed by atoms with E-state index < -0.39 is 0 Å². The second kappa shape index (κ2) is 15.2. The summed E-state index contributed by atoms with van der Waals surface area (Å²) in [5, 5.41) is 10.2. The topological polar surface area (TPSA) is 76.7 Å². The van der Waals surface area contributed by atoms with Crippen LogP contribution in [0.4, 0.5) is 4.79 Å². The van der Waals surface area contributed by atoms with Crippen molar-refractivity contribution in [1.82, 2.24) is 25.8 Å². The van der Waals surface area contributed by atoms with Crippen LogP contribution in [0.15, 0.2) is 54.6 Å². The maximum atomic E-state index is 13.8. The standard InChI is InChI=1S/C31H44ClN5O2/c1-2-25(26-9-5-3-6-10-26)23-37-20-15-28(22-34-31(39)33-21-24-11-13-27(32)14-12-24)35-29(30(37)38)16-19-36-17-7-4-8-18-36/h3,5-6,9-14,25,28-29,35H,2,4,7-8,15-23H2,1H3,(H2,33,34,39)/t25-,28+,29+/m1/s1. The number of carbonyl (C=O) groups is 2. The predicted molar refractivity (Wildman–Crippen MR) is 158 cm³/mol. The summed E-state index contributed by atoms with van der Waals surface area (Å²) in [5.74, 6) is 0.502. The fourth-order valence-electron chi connectivity index (χ4n) is 5.65. The van der Waals surface area contributed by atoms with Crippen LogP contribution in [-0.4, -0.2) is 73.1 Å². The van der Waals surface area contributed by atoms with Gasteiger partial charge in [-0.2, -0.15) is 0 Å². The zero-order valence-electron chi connectivity index (χ0n) is 23.2. The molecule has 212 valence electrons. The Kier molecular flexibility index (Phi) is 11.5. The summed E-state index contributed by atoms with van der Waals surface area (Å²) in [6.45, 7) is 7.69. The van der Waals surface area contributed by atoms with Gasteiger partial charge in [-0.15, -0.1) is 0 Å². The number of halogens is 1. The fourth-order valence-corrected chi connectivity index (χ4v) is 5.78. The van der Waals surface area contributed by atoms with Gasteiger partial charge >= 0.3 is 6.03 Å². The van der Waals surface area contributed by atoms with Gasteiger partial charge in [0.15, 0.2) is 0 Å². The fraction of sp³-hybridized carbons (Fsp3) is 0.548. The molecule has 3 N–H and O–H groups in total. The first-order chi connectivity index (χ1) is 19.0. The number of amides is 3. The molecule has 2 saturated heterocycles. The van der Waals surface area contributed by atoms with Crippen molar-refractivity contribution in [2.24, 2.45) is 0 Å². The summed E-state index contributed by atoms with van der Waals surface area (Å²) in [6.07, 6.45) is 6.36. The number of hydrogen-bond donors (Lipinski definition) is 3. The van der Waals surface area contributed by atoms with Gasteiger partial charge in [0.2, 0.25) is 5.91 Å². The highest BCUT2D eigenvalue weighted by Gasteiger charge is 2.32. The number of likely N-dealkylation sites (tertiary alicyclic amines) is 1. The first kappa shape index (κ1) is 29.4. The largest absolute Gasteiger partial charge is 0.341 e. The van der Waals surface area contributed by atoms with Gasteiger partial charge in [-0.25, -0.2) is 4.79 Å². The normalized spacial score (nSPS) is 21.3. The highest BCUT2D eigenvalue weighted by atomic mass is 35.5. The first-order valence-electron chi connectivity index (χ1n) is 14.6. The van der Waals surface area contributed by atoms with Crippen LogP contribution in [0.2, 0.25) is 5.02 Å². The minimum absolute atomic E-state index is 0.0309. The molecule has 0 unspecified atom stereocenters. The summed E-state index contributed by atoms with van der Waals surface area (Å²) in [6, 6.07) is 17.5. The maximum Gasteiger partial charge on any atom is 0.315 e. The number of rotatable bonds is 11. The number of benzene rings is 2. The lowest BCUT2D eigenvalue weighted by Gasteiger charge is -2.31. The summed E-state index contributed by atoms with van der Waals surface area (Å²) < 4.78 is 0. The minimum Gasteiger partial charge on any atom is -0.341 e. The van der Waals surface area contributed by atoms with E-state index in [2.05, 4.69) is 56.9 Å². The van der Waals surface area contributed by atoms with Crippen molar-refractivity contribution in [3.8, 4) is 0 Å². The van der Waals surface area contributed by atoms with Crippen LogP contribution in [0.3, 0.4) is 0 Å². The lowest BCUT2D eigenvalue weighted by atomic mass is 9.95. The van der Waals surface area contributed by atoms with Crippen LogP contribution in [-0.2, 0) is 11.3 Å². The van der Waals surface area contributed by atoms with E-state index in [9.17, 15) is 9.59 Å². The van der Waals surface area contributed by atoms with Gasteiger partial charge in [-0.05, 0) is 68.5 Å². The number of urea groups is 1. The van der Waals surface area contributed by atoms with E-state index in [4.69, 9.17) is 11.6 Å². The molecular formula is C31H44ClN5O2. The van der Waals surface area contributed by atoms with E-state index >= 15 is 0 Å². The molecule has 2 aromatic carbocycles. The van der Waals surface area contributed by atoms with Gasteiger partial charge in [0.05, 0.1) is 6.04 Å². The highest BCUT2D eigenvalue weighted by Crippen LogP contribution is 2.23. The Morgan fingerprint density at radius 2 is 1.77 bits per heavy atom. The first-order valence-corrected chi connectivity index (χ1v) is 15.0. The van der Waals surface area contributed by atoms with Crippen LogP contribution in [0.5, 0.6) is 0 Å². The van der Waals surface area contributed by atoms with Crippen molar-refractivity contribution in [2.75, 3.05) is 39.3 Å². The minimum atomic E-state index is -0.244. The second-order valence-corrected chi connectivity index (χ2v) is 11.3. The van der Waals surface area contributed by atoms with E-state index in [0.717, 1.165) is 51.0 Å². The summed E-state index contributed by atoms with van der Waals surface area (Å²) >= 11 is 5.95. The molecule has 4 rings (SSSR count). The van der Waals surface area contributed by atoms with E-state index in [1.165, 1.54) is 24.8 Å². The van der Waals surface area contributed by atoms with Gasteiger partial charge in [0.1, 0.15) is 0 Å². The molecule has 2 heterocycles. The van der Waals surface area contributed by atoms with Gasteiger partial charge in [-0.3, -0.25) is 4.79 Å². The highest BCUT2D eigenvalue weighted by molar-refractivity contribution is 6.30. The molecule has 0 aromatic heterocycles. The third kappa shape index (κ3) is 9.23. The van der Waals surface area contributed by atoms with Crippen molar-refractivity contribution in [3.05, 3.63) is 70.7 Å². The van der Waals surface area contributed by atoms with Crippen LogP contribution < -0.4 is 16.0 Å². The summed E-state index contributed by atoms with van der Waals surface area (Å²) in [7, 11) is 0. The molecule has 3 atom stereocenters. The zero-order valence-corrected chi connectivity index (χ0v) is 24.0. The monoisotopic (exact) mass is 553 g/mol. The molecule has 2 aliphatic heterocycles. The van der Waals surface area contributed by atoms with Gasteiger partial charge < -0.3 is 25.8 Å². The SMILES string of the molecule is CC[C@H](CN1CC[C@@H](CNC(=O)NCc2ccc(Cl)cc2)N[C@@H](CCN2CCCCC2)C1=O)c1ccccc1. The van der Waals surface area contributed by atoms with Crippen molar-refractivity contribution in [2.45, 2.75) is 70.0 Å². The summed E-state index contributed by atoms with van der Waals surface area (Å²) in [4.78, 5) is 30.9. The Morgan fingerprint density at radius 3 is 2.49 bits per heavy atom. The van der Waals surface area contributed by atoms with Crippen molar-refractivity contribution in [1.29, 1.82) is 0 Å². The second-order valence-electron chi connectivity index (χ2n) is 10.9. The van der Waals surface area contributed by atoms with Crippen molar-refractivity contribution < 1.29 is 9.59 Å². The third-order valence-electron chi connectivity index (χ3n) is 8.06. The number of nitrogens with one attached hydrogen (secondary N) is 3. The third-order valence-corrected chi connectivity index (χ3v) is 8.31. The molecule has 0 aliphatic carbocycles. The van der Waals surface area contributed by atoms with Crippen LogP contribution >= 0.6 is 11.6 Å². The molecule has 3 amide bonds. The van der Waals surface area contributed by atoms with Crippen LogP contribution in [0.25, 0.3) is 0 Å². The van der Waals surface area contributed by atoms with Crippen molar-refractivity contribution in [3.63, 3.8) is 0 Å². The van der Waals surface area contributed by atoms with Gasteiger partial charge in [-0.1, -0.05) is 67.4 Å². The Bertz CT molecular complexity index is 1030. The van der Waals surface area contributed by atoms with Crippen molar-refractivity contribution >= 4 is 23.5 Å². The maximum absolute atomic E-state index is 13.8. The molecule has 39 heavy (non-hydrogen) atoms. The molecule has 0 saturated carbocycles. The van der Waals surface area contributed by atoms with Gasteiger partial charge in [0, 0.05) is 49.7 Å². The summed E-state index contributed by atoms with van der Waals surface area (Å²) in [5.41, 5.74) is 2.27. The molecule has 7 nitrogen and oxygen atoms in total. The lowest BCUT2D eigenvalue weighted by molar-refractivity contribution is -0.133. The molecule has 2 aromatic rings. The van der Waals surface area contributed by atoms with E-state index in [1.807, 2.05) is 30.3 Å². The molecule has 0 bridgehead atoms. The van der Waals surface area contributed by atoms with E-state index in [1.54, 1.807) is 0 Å². The molecule has 8 heteroatoms. The average molecular weight is 554 g/mol. The number of hydrogen-bond acceptors (Lipinski definition) is 4. The smallest absolute Gasteiger partial charge is 0.315 e. The average Bonchev–Trinajstić information content (AvgIpc) is 3.12. The molecule has 2 aliphatic rings.